The second-order valence-electron chi connectivity index (χ2n) is 7.23. The van der Waals surface area contributed by atoms with Crippen molar-refractivity contribution in [3.8, 4) is 0 Å². The van der Waals surface area contributed by atoms with E-state index in [9.17, 15) is 14.7 Å². The summed E-state index contributed by atoms with van der Waals surface area (Å²) >= 11 is 0. The van der Waals surface area contributed by atoms with Crippen LogP contribution in [0.3, 0.4) is 0 Å². The smallest absolute Gasteiger partial charge is 0.340 e. The number of hydrogen-bond acceptors (Lipinski definition) is 4. The molecule has 0 saturated carbocycles. The number of nitrogens with zero attached hydrogens (tertiary/aromatic N) is 2. The van der Waals surface area contributed by atoms with Crippen molar-refractivity contribution in [3.63, 3.8) is 0 Å². The van der Waals surface area contributed by atoms with Gasteiger partial charge in [0.25, 0.3) is 5.91 Å². The van der Waals surface area contributed by atoms with Crippen LogP contribution in [-0.2, 0) is 6.42 Å². The van der Waals surface area contributed by atoms with Crippen LogP contribution in [0.2, 0.25) is 0 Å². The Morgan fingerprint density at radius 3 is 2.92 bits per heavy atom. The van der Waals surface area contributed by atoms with E-state index in [2.05, 4.69) is 15.2 Å². The van der Waals surface area contributed by atoms with E-state index in [0.717, 1.165) is 18.4 Å². The van der Waals surface area contributed by atoms with Crippen LogP contribution in [0.4, 0.5) is 0 Å². The second-order valence-corrected chi connectivity index (χ2v) is 7.23. The molecule has 3 N–H and O–H groups in total. The normalized spacial score (nSPS) is 17.9. The molecule has 1 aromatic heterocycles. The molecule has 2 aromatic rings. The second kappa shape index (κ2) is 6.84. The summed E-state index contributed by atoms with van der Waals surface area (Å²) in [6.07, 6.45) is 3.00. The predicted octanol–water partition coefficient (Wildman–Crippen LogP) is 1.78. The molecule has 1 aromatic carbocycles. The molecule has 0 radical (unpaired) electrons. The van der Waals surface area contributed by atoms with Gasteiger partial charge in [0.2, 0.25) is 0 Å². The molecule has 0 bridgehead atoms. The van der Waals surface area contributed by atoms with Gasteiger partial charge < -0.3 is 10.0 Å². The van der Waals surface area contributed by atoms with E-state index < -0.39 is 5.60 Å². The Morgan fingerprint density at radius 1 is 1.44 bits per heavy atom. The van der Waals surface area contributed by atoms with E-state index in [-0.39, 0.29) is 17.6 Å². The molecule has 2 heterocycles. The Bertz CT molecular complexity index is 803. The van der Waals surface area contributed by atoms with Crippen molar-refractivity contribution in [2.24, 2.45) is 0 Å². The Morgan fingerprint density at radius 2 is 2.24 bits per heavy atom. The summed E-state index contributed by atoms with van der Waals surface area (Å²) < 4.78 is 0. The number of benzene rings is 1. The molecule has 7 nitrogen and oxygen atoms in total. The van der Waals surface area contributed by atoms with E-state index in [1.165, 1.54) is 0 Å². The zero-order valence-electron chi connectivity index (χ0n) is 14.6. The van der Waals surface area contributed by atoms with E-state index in [1.54, 1.807) is 24.8 Å². The molecule has 1 atom stereocenters. The van der Waals surface area contributed by atoms with Crippen molar-refractivity contribution in [2.45, 2.75) is 51.2 Å². The lowest BCUT2D eigenvalue weighted by Crippen LogP contribution is -2.31. The first-order chi connectivity index (χ1) is 11.8. The first kappa shape index (κ1) is 17.4. The first-order valence-electron chi connectivity index (χ1n) is 8.60. The van der Waals surface area contributed by atoms with Gasteiger partial charge in [0.15, 0.2) is 5.82 Å². The van der Waals surface area contributed by atoms with Gasteiger partial charge in [0.05, 0.1) is 11.6 Å². The zero-order chi connectivity index (χ0) is 18.0. The summed E-state index contributed by atoms with van der Waals surface area (Å²) in [5, 5.41) is 16.2. The highest BCUT2D eigenvalue weighted by Gasteiger charge is 2.32. The van der Waals surface area contributed by atoms with Crippen molar-refractivity contribution < 1.29 is 9.90 Å². The van der Waals surface area contributed by atoms with Gasteiger partial charge in [-0.05, 0) is 57.2 Å². The average Bonchev–Trinajstić information content (AvgIpc) is 3.20. The monoisotopic (exact) mass is 344 g/mol. The number of likely N-dealkylation sites (tertiary alicyclic amines) is 1. The van der Waals surface area contributed by atoms with E-state index in [1.807, 2.05) is 18.2 Å². The van der Waals surface area contributed by atoms with Gasteiger partial charge in [0, 0.05) is 12.1 Å². The number of aliphatic hydroxyl groups is 1. The number of carbonyl (C=O) groups excluding carboxylic acids is 1. The molecule has 1 amide bonds. The molecule has 1 saturated heterocycles. The average molecular weight is 344 g/mol. The molecule has 7 heteroatoms. The molecule has 0 spiro atoms. The number of aromatic amines is 2. The molecule has 1 aliphatic rings. The minimum atomic E-state index is -0.730. The first-order valence-corrected chi connectivity index (χ1v) is 8.60. The Labute approximate surface area is 146 Å². The quantitative estimate of drug-likeness (QED) is 0.769. The van der Waals surface area contributed by atoms with Crippen molar-refractivity contribution in [2.75, 3.05) is 6.54 Å². The van der Waals surface area contributed by atoms with Crippen LogP contribution in [0, 0.1) is 0 Å². The Balaban J connectivity index is 1.77. The van der Waals surface area contributed by atoms with Crippen molar-refractivity contribution in [3.05, 3.63) is 51.7 Å². The lowest BCUT2D eigenvalue weighted by molar-refractivity contribution is 0.0714. The topological polar surface area (TPSA) is 102 Å². The van der Waals surface area contributed by atoms with Gasteiger partial charge in [-0.3, -0.25) is 9.78 Å². The largest absolute Gasteiger partial charge is 0.390 e. The van der Waals surface area contributed by atoms with Crippen molar-refractivity contribution >= 4 is 5.91 Å². The molecule has 1 fully saturated rings. The molecule has 25 heavy (non-hydrogen) atoms. The SMILES string of the molecule is CC(C)(O)CCc1cccc(C(=O)N2CCCC2c2n[nH]c(=O)[nH]2)c1. The third kappa shape index (κ3) is 4.17. The maximum absolute atomic E-state index is 12.9. The van der Waals surface area contributed by atoms with Crippen LogP contribution in [-0.4, -0.2) is 43.2 Å². The summed E-state index contributed by atoms with van der Waals surface area (Å²) in [4.78, 5) is 28.7. The number of hydrogen-bond donors (Lipinski definition) is 3. The standard InChI is InChI=1S/C18H24N4O3/c1-18(2,25)9-8-12-5-3-6-13(11-12)16(23)22-10-4-7-14(22)15-19-17(24)21-20-15/h3,5-6,11,14,25H,4,7-10H2,1-2H3,(H2,19,20,21,24). The van der Waals surface area contributed by atoms with Crippen molar-refractivity contribution in [1.29, 1.82) is 0 Å². The maximum Gasteiger partial charge on any atom is 0.340 e. The van der Waals surface area contributed by atoms with Crippen LogP contribution in [0.15, 0.2) is 29.1 Å². The molecule has 134 valence electrons. The summed E-state index contributed by atoms with van der Waals surface area (Å²) in [6.45, 7) is 4.20. The minimum absolute atomic E-state index is 0.0588. The highest BCUT2D eigenvalue weighted by molar-refractivity contribution is 5.94. The molecule has 1 unspecified atom stereocenters. The number of aryl methyl sites for hydroxylation is 1. The van der Waals surface area contributed by atoms with Crippen LogP contribution in [0.25, 0.3) is 0 Å². The summed E-state index contributed by atoms with van der Waals surface area (Å²) in [7, 11) is 0. The summed E-state index contributed by atoms with van der Waals surface area (Å²) in [5.41, 5.74) is 0.559. The predicted molar refractivity (Wildman–Crippen MR) is 93.3 cm³/mol. The lowest BCUT2D eigenvalue weighted by atomic mass is 9.97. The molecular formula is C18H24N4O3. The fourth-order valence-electron chi connectivity index (χ4n) is 3.21. The molecular weight excluding hydrogens is 320 g/mol. The number of amides is 1. The number of nitrogens with one attached hydrogen (secondary N) is 2. The van der Waals surface area contributed by atoms with E-state index >= 15 is 0 Å². The minimum Gasteiger partial charge on any atom is -0.390 e. The van der Waals surface area contributed by atoms with Gasteiger partial charge in [0.1, 0.15) is 0 Å². The highest BCUT2D eigenvalue weighted by Crippen LogP contribution is 2.30. The Kier molecular flexibility index (Phi) is 4.76. The van der Waals surface area contributed by atoms with Gasteiger partial charge in [-0.15, -0.1) is 0 Å². The van der Waals surface area contributed by atoms with Crippen LogP contribution in [0.5, 0.6) is 0 Å². The maximum atomic E-state index is 12.9. The van der Waals surface area contributed by atoms with Crippen LogP contribution >= 0.6 is 0 Å². The fraction of sp³-hybridized carbons (Fsp3) is 0.500. The van der Waals surface area contributed by atoms with Crippen LogP contribution in [0.1, 0.15) is 60.9 Å². The lowest BCUT2D eigenvalue weighted by Gasteiger charge is -2.23. The third-order valence-corrected chi connectivity index (χ3v) is 4.55. The molecule has 1 aliphatic heterocycles. The molecule has 3 rings (SSSR count). The number of H-pyrrole nitrogens is 2. The van der Waals surface area contributed by atoms with Gasteiger partial charge in [-0.2, -0.15) is 5.10 Å². The zero-order valence-corrected chi connectivity index (χ0v) is 14.6. The number of aromatic nitrogens is 3. The summed E-state index contributed by atoms with van der Waals surface area (Å²) in [6, 6.07) is 7.32. The van der Waals surface area contributed by atoms with E-state index in [0.29, 0.717) is 30.8 Å². The van der Waals surface area contributed by atoms with Crippen LogP contribution < -0.4 is 5.69 Å². The van der Waals surface area contributed by atoms with E-state index in [4.69, 9.17) is 0 Å². The van der Waals surface area contributed by atoms with Crippen molar-refractivity contribution in [1.82, 2.24) is 20.1 Å². The summed E-state index contributed by atoms with van der Waals surface area (Å²) in [5.74, 6) is 0.450. The molecule has 0 aliphatic carbocycles. The number of carbonyl (C=O) groups is 1. The highest BCUT2D eigenvalue weighted by atomic mass is 16.3. The van der Waals surface area contributed by atoms with Gasteiger partial charge in [-0.1, -0.05) is 12.1 Å². The Hall–Kier alpha value is -2.41. The number of rotatable bonds is 5. The van der Waals surface area contributed by atoms with Gasteiger partial charge in [-0.25, -0.2) is 9.89 Å². The fourth-order valence-corrected chi connectivity index (χ4v) is 3.21. The third-order valence-electron chi connectivity index (χ3n) is 4.55. The van der Waals surface area contributed by atoms with Gasteiger partial charge >= 0.3 is 5.69 Å².